The van der Waals surface area contributed by atoms with Gasteiger partial charge in [-0.3, -0.25) is 9.69 Å². The summed E-state index contributed by atoms with van der Waals surface area (Å²) in [5, 5.41) is 7.46. The van der Waals surface area contributed by atoms with E-state index >= 15 is 0 Å². The Labute approximate surface area is 160 Å². The van der Waals surface area contributed by atoms with Crippen molar-refractivity contribution in [2.24, 2.45) is 0 Å². The van der Waals surface area contributed by atoms with Crippen molar-refractivity contribution >= 4 is 35.3 Å². The number of nitrogens with zero attached hydrogens (tertiary/aromatic N) is 1. The number of halogens is 1. The summed E-state index contributed by atoms with van der Waals surface area (Å²) in [6.45, 7) is 6.11. The number of rotatable bonds is 5. The van der Waals surface area contributed by atoms with Gasteiger partial charge in [-0.25, -0.2) is 0 Å². The number of hydrogen-bond acceptors (Lipinski definition) is 3. The number of nitrogens with one attached hydrogen (secondary N) is 1. The number of benzene rings is 1. The summed E-state index contributed by atoms with van der Waals surface area (Å²) in [6.07, 6.45) is 4.31. The maximum Gasteiger partial charge on any atom is 0.241 e. The van der Waals surface area contributed by atoms with Gasteiger partial charge >= 0.3 is 0 Å². The number of anilines is 1. The van der Waals surface area contributed by atoms with E-state index < -0.39 is 0 Å². The van der Waals surface area contributed by atoms with Gasteiger partial charge in [0, 0.05) is 12.2 Å². The molecule has 0 radical (unpaired) electrons. The van der Waals surface area contributed by atoms with Gasteiger partial charge in [0.2, 0.25) is 5.91 Å². The van der Waals surface area contributed by atoms with E-state index in [1.807, 2.05) is 12.1 Å². The predicted molar refractivity (Wildman–Crippen MR) is 109 cm³/mol. The van der Waals surface area contributed by atoms with Crippen LogP contribution in [0.25, 0.3) is 0 Å². The van der Waals surface area contributed by atoms with Crippen LogP contribution < -0.4 is 5.32 Å². The van der Waals surface area contributed by atoms with Crippen molar-refractivity contribution in [2.45, 2.75) is 45.6 Å². The molecule has 2 aromatic rings. The number of aryl methyl sites for hydroxylation is 2. The Balaban J connectivity index is 0.00000225. The molecule has 136 valence electrons. The normalized spacial score (nSPS) is 17.8. The van der Waals surface area contributed by atoms with Crippen molar-refractivity contribution in [1.29, 1.82) is 0 Å². The first kappa shape index (κ1) is 20.0. The number of likely N-dealkylation sites (tertiary alicyclic amines) is 1. The largest absolute Gasteiger partial charge is 0.325 e. The number of thiophene rings is 1. The van der Waals surface area contributed by atoms with Crippen LogP contribution in [-0.2, 0) is 11.2 Å². The highest BCUT2D eigenvalue weighted by Crippen LogP contribution is 2.21. The Morgan fingerprint density at radius 3 is 2.68 bits per heavy atom. The molecule has 2 heterocycles. The molecule has 1 aromatic carbocycles. The molecule has 1 aliphatic rings. The molecule has 1 saturated heterocycles. The van der Waals surface area contributed by atoms with Gasteiger partial charge < -0.3 is 5.32 Å². The van der Waals surface area contributed by atoms with Crippen LogP contribution in [0.5, 0.6) is 0 Å². The molecule has 1 amide bonds. The minimum absolute atomic E-state index is 0. The second-order valence-electron chi connectivity index (χ2n) is 6.79. The number of amides is 1. The number of carbonyl (C=O) groups is 1. The van der Waals surface area contributed by atoms with Crippen LogP contribution in [0, 0.1) is 13.8 Å². The van der Waals surface area contributed by atoms with Crippen molar-refractivity contribution in [3.05, 3.63) is 51.7 Å². The van der Waals surface area contributed by atoms with E-state index in [1.165, 1.54) is 23.1 Å². The van der Waals surface area contributed by atoms with E-state index in [9.17, 15) is 4.79 Å². The second-order valence-corrected chi connectivity index (χ2v) is 7.57. The smallest absolute Gasteiger partial charge is 0.241 e. The molecular weight excluding hydrogens is 352 g/mol. The molecule has 1 aliphatic heterocycles. The lowest BCUT2D eigenvalue weighted by molar-refractivity contribution is -0.122. The first-order valence-electron chi connectivity index (χ1n) is 8.76. The van der Waals surface area contributed by atoms with Gasteiger partial charge in [-0.1, -0.05) is 12.5 Å². The topological polar surface area (TPSA) is 32.3 Å². The summed E-state index contributed by atoms with van der Waals surface area (Å²) >= 11 is 1.74. The van der Waals surface area contributed by atoms with Gasteiger partial charge in [0.1, 0.15) is 0 Å². The highest BCUT2D eigenvalue weighted by molar-refractivity contribution is 7.07. The average molecular weight is 379 g/mol. The SMILES string of the molecule is Cc1cc(C)cc(NC(=O)[C@@H]2CCCCN2CCc2ccsc2)c1.Cl. The monoisotopic (exact) mass is 378 g/mol. The van der Waals surface area contributed by atoms with Crippen molar-refractivity contribution in [3.63, 3.8) is 0 Å². The van der Waals surface area contributed by atoms with Gasteiger partial charge in [0.25, 0.3) is 0 Å². The lowest BCUT2D eigenvalue weighted by Gasteiger charge is -2.34. The van der Waals surface area contributed by atoms with Crippen LogP contribution in [0.1, 0.15) is 36.0 Å². The zero-order valence-electron chi connectivity index (χ0n) is 15.0. The van der Waals surface area contributed by atoms with Crippen LogP contribution in [0.4, 0.5) is 5.69 Å². The lowest BCUT2D eigenvalue weighted by Crippen LogP contribution is -2.47. The fourth-order valence-corrected chi connectivity index (χ4v) is 4.24. The third-order valence-electron chi connectivity index (χ3n) is 4.67. The van der Waals surface area contributed by atoms with Crippen LogP contribution in [0.15, 0.2) is 35.0 Å². The summed E-state index contributed by atoms with van der Waals surface area (Å²) in [5.41, 5.74) is 4.66. The predicted octanol–water partition coefficient (Wildman–Crippen LogP) is 4.82. The Morgan fingerprint density at radius 1 is 1.24 bits per heavy atom. The van der Waals surface area contributed by atoms with E-state index in [-0.39, 0.29) is 24.4 Å². The van der Waals surface area contributed by atoms with Crippen molar-refractivity contribution in [1.82, 2.24) is 4.90 Å². The summed E-state index contributed by atoms with van der Waals surface area (Å²) in [5.74, 6) is 0.144. The molecule has 1 N–H and O–H groups in total. The van der Waals surface area contributed by atoms with E-state index in [1.54, 1.807) is 11.3 Å². The summed E-state index contributed by atoms with van der Waals surface area (Å²) < 4.78 is 0. The van der Waals surface area contributed by atoms with Gasteiger partial charge in [-0.15, -0.1) is 12.4 Å². The Hall–Kier alpha value is -1.36. The standard InChI is InChI=1S/C20H26N2OS.ClH/c1-15-11-16(2)13-18(12-15)21-20(23)19-5-3-4-8-22(19)9-6-17-7-10-24-14-17;/h7,10-14,19H,3-6,8-9H2,1-2H3,(H,21,23);1H/t19-;/m0./s1. The molecule has 0 spiro atoms. The molecule has 0 aliphatic carbocycles. The Kier molecular flexibility index (Phi) is 7.48. The Bertz CT molecular complexity index is 667. The number of carbonyl (C=O) groups excluding carboxylic acids is 1. The van der Waals surface area contributed by atoms with Gasteiger partial charge in [-0.2, -0.15) is 11.3 Å². The second kappa shape index (κ2) is 9.37. The molecule has 0 unspecified atom stereocenters. The van der Waals surface area contributed by atoms with E-state index in [4.69, 9.17) is 0 Å². The molecule has 0 bridgehead atoms. The van der Waals surface area contributed by atoms with Crippen LogP contribution in [0.3, 0.4) is 0 Å². The van der Waals surface area contributed by atoms with E-state index in [2.05, 4.69) is 47.0 Å². The molecule has 5 heteroatoms. The molecule has 1 aromatic heterocycles. The fourth-order valence-electron chi connectivity index (χ4n) is 3.54. The first-order valence-corrected chi connectivity index (χ1v) is 9.70. The summed E-state index contributed by atoms with van der Waals surface area (Å²) in [4.78, 5) is 15.2. The third kappa shape index (κ3) is 5.56. The van der Waals surface area contributed by atoms with E-state index in [0.717, 1.165) is 38.0 Å². The van der Waals surface area contributed by atoms with Gasteiger partial charge in [0.15, 0.2) is 0 Å². The minimum Gasteiger partial charge on any atom is -0.325 e. The van der Waals surface area contributed by atoms with Crippen LogP contribution in [-0.4, -0.2) is 29.9 Å². The zero-order valence-corrected chi connectivity index (χ0v) is 16.6. The van der Waals surface area contributed by atoms with Crippen molar-refractivity contribution < 1.29 is 4.79 Å². The van der Waals surface area contributed by atoms with Crippen LogP contribution >= 0.6 is 23.7 Å². The van der Waals surface area contributed by atoms with Gasteiger partial charge in [-0.05, 0) is 85.3 Å². The quantitative estimate of drug-likeness (QED) is 0.808. The molecule has 25 heavy (non-hydrogen) atoms. The summed E-state index contributed by atoms with van der Waals surface area (Å²) in [6, 6.07) is 8.40. The minimum atomic E-state index is -0.00166. The Morgan fingerprint density at radius 2 is 2.00 bits per heavy atom. The first-order chi connectivity index (χ1) is 11.6. The molecule has 1 atom stereocenters. The third-order valence-corrected chi connectivity index (χ3v) is 5.41. The van der Waals surface area contributed by atoms with Crippen molar-refractivity contribution in [2.75, 3.05) is 18.4 Å². The maximum absolute atomic E-state index is 12.8. The number of piperidine rings is 1. The number of hydrogen-bond donors (Lipinski definition) is 1. The highest BCUT2D eigenvalue weighted by Gasteiger charge is 2.28. The fraction of sp³-hybridized carbons (Fsp3) is 0.450. The maximum atomic E-state index is 12.8. The summed E-state index contributed by atoms with van der Waals surface area (Å²) in [7, 11) is 0. The lowest BCUT2D eigenvalue weighted by atomic mass is 10.0. The molecule has 1 fully saturated rings. The molecule has 0 saturated carbocycles. The molecule has 3 nitrogen and oxygen atoms in total. The molecular formula is C20H27ClN2OS. The highest BCUT2D eigenvalue weighted by atomic mass is 35.5. The van der Waals surface area contributed by atoms with E-state index in [0.29, 0.717) is 0 Å². The molecule has 3 rings (SSSR count). The van der Waals surface area contributed by atoms with Crippen molar-refractivity contribution in [3.8, 4) is 0 Å². The zero-order chi connectivity index (χ0) is 16.9. The average Bonchev–Trinajstić information content (AvgIpc) is 3.05. The van der Waals surface area contributed by atoms with Crippen LogP contribution in [0.2, 0.25) is 0 Å². The van der Waals surface area contributed by atoms with Gasteiger partial charge in [0.05, 0.1) is 6.04 Å².